The van der Waals surface area contributed by atoms with E-state index in [1.807, 2.05) is 18.2 Å². The molecule has 1 amide bonds. The minimum absolute atomic E-state index is 0.160. The van der Waals surface area contributed by atoms with Crippen LogP contribution in [0.3, 0.4) is 0 Å². The molecule has 1 aromatic heterocycles. The van der Waals surface area contributed by atoms with E-state index in [4.69, 9.17) is 0 Å². The van der Waals surface area contributed by atoms with Gasteiger partial charge in [0.2, 0.25) is 21.1 Å². The molecule has 0 saturated carbocycles. The van der Waals surface area contributed by atoms with E-state index in [1.165, 1.54) is 36.1 Å². The lowest BCUT2D eigenvalue weighted by atomic mass is 10.1. The maximum absolute atomic E-state index is 12.2. The lowest BCUT2D eigenvalue weighted by Crippen LogP contribution is -2.18. The van der Waals surface area contributed by atoms with Gasteiger partial charge >= 0.3 is 0 Å². The van der Waals surface area contributed by atoms with Crippen LogP contribution in [-0.2, 0) is 27.0 Å². The summed E-state index contributed by atoms with van der Waals surface area (Å²) in [7, 11) is -2.08. The predicted molar refractivity (Wildman–Crippen MR) is 116 cm³/mol. The van der Waals surface area contributed by atoms with E-state index in [1.54, 1.807) is 23.9 Å². The number of hydrogen-bond acceptors (Lipinski definition) is 7. The van der Waals surface area contributed by atoms with Gasteiger partial charge in [0.25, 0.3) is 0 Å². The van der Waals surface area contributed by atoms with Crippen molar-refractivity contribution in [2.45, 2.75) is 27.8 Å². The Morgan fingerprint density at radius 2 is 1.76 bits per heavy atom. The first-order chi connectivity index (χ1) is 14.0. The van der Waals surface area contributed by atoms with Gasteiger partial charge in [-0.15, -0.1) is 10.2 Å². The number of amides is 1. The van der Waals surface area contributed by atoms with Crippen LogP contribution in [0.25, 0.3) is 0 Å². The molecule has 2 aromatic carbocycles. The van der Waals surface area contributed by atoms with E-state index in [9.17, 15) is 13.2 Å². The topological polar surface area (TPSA) is 101 Å². The van der Waals surface area contributed by atoms with Crippen LogP contribution in [0.15, 0.2) is 63.8 Å². The van der Waals surface area contributed by atoms with Crippen LogP contribution in [-0.4, -0.2) is 31.6 Å². The summed E-state index contributed by atoms with van der Waals surface area (Å²) >= 11 is 2.92. The molecule has 3 aromatic rings. The number of benzene rings is 2. The summed E-state index contributed by atoms with van der Waals surface area (Å²) in [5, 5.41) is 11.3. The number of hydrogen-bond donors (Lipinski definition) is 2. The van der Waals surface area contributed by atoms with Crippen molar-refractivity contribution < 1.29 is 13.2 Å². The monoisotopic (exact) mass is 448 g/mol. The molecule has 0 radical (unpaired) electrons. The summed E-state index contributed by atoms with van der Waals surface area (Å²) < 4.78 is 26.5. The van der Waals surface area contributed by atoms with Gasteiger partial charge in [-0.05, 0) is 36.7 Å². The highest BCUT2D eigenvalue weighted by atomic mass is 32.2. The standard InChI is InChI=1S/C19H20N4O3S3/c1-20-29(25,26)16-10-7-14(8-11-16)9-12-17(24)21-18-22-23-19(28-18)27-13-15-5-3-2-4-6-15/h2-8,10-11,20H,9,12-13H2,1H3,(H,21,22,24). The van der Waals surface area contributed by atoms with Gasteiger partial charge in [0.1, 0.15) is 0 Å². The molecule has 0 saturated heterocycles. The Kier molecular flexibility index (Phi) is 7.37. The summed E-state index contributed by atoms with van der Waals surface area (Å²) in [6.45, 7) is 0. The minimum atomic E-state index is -3.45. The van der Waals surface area contributed by atoms with Crippen LogP contribution >= 0.6 is 23.1 Å². The van der Waals surface area contributed by atoms with Crippen molar-refractivity contribution in [3.63, 3.8) is 0 Å². The third-order valence-corrected chi connectivity index (χ3v) is 7.47. The minimum Gasteiger partial charge on any atom is -0.300 e. The molecular weight excluding hydrogens is 428 g/mol. The number of rotatable bonds is 9. The first-order valence-corrected chi connectivity index (χ1v) is 12.1. The molecule has 29 heavy (non-hydrogen) atoms. The first-order valence-electron chi connectivity index (χ1n) is 8.79. The Morgan fingerprint density at radius 1 is 1.03 bits per heavy atom. The smallest absolute Gasteiger partial charge is 0.240 e. The van der Waals surface area contributed by atoms with Crippen molar-refractivity contribution >= 4 is 44.2 Å². The second-order valence-corrected chi connectivity index (χ2v) is 10.1. The van der Waals surface area contributed by atoms with Crippen molar-refractivity contribution in [3.8, 4) is 0 Å². The number of carbonyl (C=O) groups is 1. The predicted octanol–water partition coefficient (Wildman–Crippen LogP) is 3.31. The Morgan fingerprint density at radius 3 is 2.45 bits per heavy atom. The molecule has 0 fully saturated rings. The Labute approximate surface area is 178 Å². The van der Waals surface area contributed by atoms with Gasteiger partial charge in [-0.3, -0.25) is 4.79 Å². The molecule has 0 aliphatic rings. The number of anilines is 1. The number of sulfonamides is 1. The van der Waals surface area contributed by atoms with Gasteiger partial charge in [0.05, 0.1) is 4.90 Å². The van der Waals surface area contributed by atoms with Crippen molar-refractivity contribution in [2.24, 2.45) is 0 Å². The van der Waals surface area contributed by atoms with E-state index in [0.29, 0.717) is 11.6 Å². The van der Waals surface area contributed by atoms with Crippen LogP contribution in [0.2, 0.25) is 0 Å². The van der Waals surface area contributed by atoms with Crippen molar-refractivity contribution in [2.75, 3.05) is 12.4 Å². The van der Waals surface area contributed by atoms with E-state index >= 15 is 0 Å². The van der Waals surface area contributed by atoms with Crippen LogP contribution in [0.5, 0.6) is 0 Å². The van der Waals surface area contributed by atoms with Crippen LogP contribution < -0.4 is 10.0 Å². The van der Waals surface area contributed by atoms with E-state index in [-0.39, 0.29) is 17.2 Å². The molecule has 0 aliphatic heterocycles. The van der Waals surface area contributed by atoms with E-state index < -0.39 is 10.0 Å². The molecular formula is C19H20N4O3S3. The summed E-state index contributed by atoms with van der Waals surface area (Å²) in [6, 6.07) is 16.5. The first kappa shape index (κ1) is 21.4. The van der Waals surface area contributed by atoms with Gasteiger partial charge in [-0.1, -0.05) is 65.6 Å². The zero-order valence-corrected chi connectivity index (χ0v) is 18.1. The van der Waals surface area contributed by atoms with Crippen molar-refractivity contribution in [1.29, 1.82) is 0 Å². The lowest BCUT2D eigenvalue weighted by Gasteiger charge is -2.05. The van der Waals surface area contributed by atoms with Crippen molar-refractivity contribution in [3.05, 3.63) is 65.7 Å². The maximum atomic E-state index is 12.2. The van der Waals surface area contributed by atoms with Crippen LogP contribution in [0.4, 0.5) is 5.13 Å². The fourth-order valence-electron chi connectivity index (χ4n) is 2.43. The average molecular weight is 449 g/mol. The SMILES string of the molecule is CNS(=O)(=O)c1ccc(CCC(=O)Nc2nnc(SCc3ccccc3)s2)cc1. The van der Waals surface area contributed by atoms with Crippen LogP contribution in [0, 0.1) is 0 Å². The van der Waals surface area contributed by atoms with Gasteiger partial charge in [0, 0.05) is 12.2 Å². The van der Waals surface area contributed by atoms with Gasteiger partial charge < -0.3 is 5.32 Å². The summed E-state index contributed by atoms with van der Waals surface area (Å²) in [5.41, 5.74) is 2.08. The number of aryl methyl sites for hydroxylation is 1. The quantitative estimate of drug-likeness (QED) is 0.385. The van der Waals surface area contributed by atoms with Gasteiger partial charge in [0.15, 0.2) is 4.34 Å². The lowest BCUT2D eigenvalue weighted by molar-refractivity contribution is -0.116. The number of nitrogens with zero attached hydrogens (tertiary/aromatic N) is 2. The molecule has 0 unspecified atom stereocenters. The highest BCUT2D eigenvalue weighted by Gasteiger charge is 2.12. The number of carbonyl (C=O) groups excluding carboxylic acids is 1. The number of aromatic nitrogens is 2. The molecule has 10 heteroatoms. The van der Waals surface area contributed by atoms with E-state index in [2.05, 4.69) is 32.4 Å². The molecule has 0 atom stereocenters. The summed E-state index contributed by atoms with van der Waals surface area (Å²) in [6.07, 6.45) is 0.768. The Balaban J connectivity index is 1.47. The van der Waals surface area contributed by atoms with Crippen molar-refractivity contribution in [1.82, 2.24) is 14.9 Å². The summed E-state index contributed by atoms with van der Waals surface area (Å²) in [4.78, 5) is 12.4. The number of nitrogens with one attached hydrogen (secondary N) is 2. The number of thioether (sulfide) groups is 1. The second-order valence-electron chi connectivity index (χ2n) is 6.05. The van der Waals surface area contributed by atoms with Crippen LogP contribution in [0.1, 0.15) is 17.5 Å². The highest BCUT2D eigenvalue weighted by Crippen LogP contribution is 2.28. The molecule has 2 N–H and O–H groups in total. The van der Waals surface area contributed by atoms with Gasteiger partial charge in [-0.25, -0.2) is 13.1 Å². The summed E-state index contributed by atoms with van der Waals surface area (Å²) in [5.74, 6) is 0.635. The zero-order chi connectivity index (χ0) is 20.7. The largest absolute Gasteiger partial charge is 0.300 e. The highest BCUT2D eigenvalue weighted by molar-refractivity contribution is 8.00. The molecule has 3 rings (SSSR count). The maximum Gasteiger partial charge on any atom is 0.240 e. The molecule has 0 spiro atoms. The third-order valence-electron chi connectivity index (χ3n) is 4.00. The van der Waals surface area contributed by atoms with E-state index in [0.717, 1.165) is 15.7 Å². The molecule has 1 heterocycles. The molecule has 0 bridgehead atoms. The van der Waals surface area contributed by atoms with Gasteiger partial charge in [-0.2, -0.15) is 0 Å². The fourth-order valence-corrected chi connectivity index (χ4v) is 4.88. The third kappa shape index (κ3) is 6.36. The average Bonchev–Trinajstić information content (AvgIpc) is 3.19. The second kappa shape index (κ2) is 9.97. The normalized spacial score (nSPS) is 11.3. The zero-order valence-electron chi connectivity index (χ0n) is 15.7. The molecule has 152 valence electrons. The molecule has 0 aliphatic carbocycles. The molecule has 7 nitrogen and oxygen atoms in total. The Hall–Kier alpha value is -2.27. The Bertz CT molecular complexity index is 1050. The fraction of sp³-hybridized carbons (Fsp3) is 0.211.